The van der Waals surface area contributed by atoms with Crippen LogP contribution in [0.2, 0.25) is 0 Å². The summed E-state index contributed by atoms with van der Waals surface area (Å²) in [7, 11) is 5.40. The highest BCUT2D eigenvalue weighted by Gasteiger charge is 2.12. The number of aromatic nitrogens is 1. The maximum atomic E-state index is 13.6. The number of anilines is 2. The summed E-state index contributed by atoms with van der Waals surface area (Å²) in [6.07, 6.45) is 0. The van der Waals surface area contributed by atoms with Gasteiger partial charge in [0.05, 0.1) is 5.69 Å². The largest absolute Gasteiger partial charge is 0.478 e. The molecule has 0 fully saturated rings. The maximum Gasteiger partial charge on any atom is 0.339 e. The second-order valence-corrected chi connectivity index (χ2v) is 3.78. The molecule has 0 saturated carbocycles. The number of aromatic amines is 1. The van der Waals surface area contributed by atoms with E-state index >= 15 is 0 Å². The summed E-state index contributed by atoms with van der Waals surface area (Å²) in [6, 6.07) is 6.10. The van der Waals surface area contributed by atoms with Crippen molar-refractivity contribution in [1.82, 2.24) is 4.98 Å². The van der Waals surface area contributed by atoms with Crippen LogP contribution in [-0.2, 0) is 0 Å². The number of nitrogens with one attached hydrogen (secondary N) is 2. The SMILES string of the molecule is [B]c1ccc(Nc2[nH]c(=O)ccc2C(=O)O)c(F)c1. The quantitative estimate of drug-likeness (QED) is 0.709. The van der Waals surface area contributed by atoms with Gasteiger partial charge in [-0.3, -0.25) is 4.79 Å². The summed E-state index contributed by atoms with van der Waals surface area (Å²) in [5, 5.41) is 11.5. The number of aromatic carboxylic acids is 1. The molecule has 0 unspecified atom stereocenters. The third-order valence-electron chi connectivity index (χ3n) is 2.40. The monoisotopic (exact) mass is 258 g/mol. The van der Waals surface area contributed by atoms with E-state index in [1.165, 1.54) is 12.1 Å². The van der Waals surface area contributed by atoms with Crippen LogP contribution in [0.15, 0.2) is 35.1 Å². The molecule has 2 radical (unpaired) electrons. The molecule has 2 rings (SSSR count). The highest BCUT2D eigenvalue weighted by atomic mass is 19.1. The summed E-state index contributed by atoms with van der Waals surface area (Å²) in [4.78, 5) is 24.5. The number of carboxylic acids is 1. The number of H-pyrrole nitrogens is 1. The zero-order valence-electron chi connectivity index (χ0n) is 9.61. The second kappa shape index (κ2) is 4.97. The van der Waals surface area contributed by atoms with Crippen LogP contribution in [0.5, 0.6) is 0 Å². The molecule has 0 bridgehead atoms. The van der Waals surface area contributed by atoms with Crippen molar-refractivity contribution in [3.63, 3.8) is 0 Å². The standard InChI is InChI=1S/C12H8BFN2O3/c13-6-1-3-9(8(14)5-6)15-11-7(12(18)19)2-4-10(17)16-11/h1-5H,(H,18,19)(H2,15,16,17). The van der Waals surface area contributed by atoms with Crippen LogP contribution in [0.4, 0.5) is 15.9 Å². The lowest BCUT2D eigenvalue weighted by molar-refractivity contribution is 0.0697. The van der Waals surface area contributed by atoms with Crippen molar-refractivity contribution in [2.75, 3.05) is 5.32 Å². The zero-order valence-corrected chi connectivity index (χ0v) is 9.61. The normalized spacial score (nSPS) is 10.2. The lowest BCUT2D eigenvalue weighted by Gasteiger charge is -2.10. The average molecular weight is 258 g/mol. The molecule has 0 aliphatic heterocycles. The summed E-state index contributed by atoms with van der Waals surface area (Å²) >= 11 is 0. The van der Waals surface area contributed by atoms with Gasteiger partial charge in [-0.15, -0.1) is 0 Å². The third kappa shape index (κ3) is 2.82. The molecule has 0 spiro atoms. The Balaban J connectivity index is 2.45. The van der Waals surface area contributed by atoms with Gasteiger partial charge in [-0.1, -0.05) is 11.5 Å². The van der Waals surface area contributed by atoms with E-state index in [1.54, 1.807) is 0 Å². The number of benzene rings is 1. The van der Waals surface area contributed by atoms with E-state index in [0.29, 0.717) is 0 Å². The average Bonchev–Trinajstić information content (AvgIpc) is 2.32. The van der Waals surface area contributed by atoms with Crippen molar-refractivity contribution in [1.29, 1.82) is 0 Å². The van der Waals surface area contributed by atoms with E-state index in [1.807, 2.05) is 0 Å². The highest BCUT2D eigenvalue weighted by molar-refractivity contribution is 6.32. The van der Waals surface area contributed by atoms with Crippen molar-refractivity contribution < 1.29 is 14.3 Å². The molecule has 2 aromatic rings. The van der Waals surface area contributed by atoms with Crippen molar-refractivity contribution in [3.8, 4) is 0 Å². The van der Waals surface area contributed by atoms with Crippen LogP contribution in [-0.4, -0.2) is 23.9 Å². The first-order valence-electron chi connectivity index (χ1n) is 5.26. The van der Waals surface area contributed by atoms with Crippen LogP contribution in [0.3, 0.4) is 0 Å². The first-order valence-corrected chi connectivity index (χ1v) is 5.26. The van der Waals surface area contributed by atoms with Crippen LogP contribution in [0, 0.1) is 5.82 Å². The number of carbonyl (C=O) groups is 1. The van der Waals surface area contributed by atoms with Gasteiger partial charge in [0.15, 0.2) is 0 Å². The Labute approximate surface area is 108 Å². The Kier molecular flexibility index (Phi) is 3.37. The van der Waals surface area contributed by atoms with E-state index in [2.05, 4.69) is 10.3 Å². The molecule has 0 aliphatic carbocycles. The van der Waals surface area contributed by atoms with Crippen molar-refractivity contribution in [3.05, 3.63) is 52.1 Å². The lowest BCUT2D eigenvalue weighted by Crippen LogP contribution is -2.13. The van der Waals surface area contributed by atoms with Crippen molar-refractivity contribution in [2.45, 2.75) is 0 Å². The van der Waals surface area contributed by atoms with Gasteiger partial charge in [0, 0.05) is 6.07 Å². The molecule has 0 atom stereocenters. The number of hydrogen-bond acceptors (Lipinski definition) is 3. The summed E-state index contributed by atoms with van der Waals surface area (Å²) < 4.78 is 13.6. The topological polar surface area (TPSA) is 82.2 Å². The highest BCUT2D eigenvalue weighted by Crippen LogP contribution is 2.19. The Morgan fingerprint density at radius 1 is 1.32 bits per heavy atom. The first-order chi connectivity index (χ1) is 8.97. The van der Waals surface area contributed by atoms with Crippen LogP contribution in [0.1, 0.15) is 10.4 Å². The van der Waals surface area contributed by atoms with E-state index in [0.717, 1.165) is 18.2 Å². The van der Waals surface area contributed by atoms with Crippen LogP contribution >= 0.6 is 0 Å². The van der Waals surface area contributed by atoms with Crippen LogP contribution < -0.4 is 16.3 Å². The summed E-state index contributed by atoms with van der Waals surface area (Å²) in [5.41, 5.74) is -0.416. The predicted octanol–water partition coefficient (Wildman–Crippen LogP) is 0.750. The summed E-state index contributed by atoms with van der Waals surface area (Å²) in [5.74, 6) is -1.99. The van der Waals surface area contributed by atoms with Gasteiger partial charge in [-0.25, -0.2) is 9.18 Å². The molecule has 1 aromatic heterocycles. The molecule has 94 valence electrons. The molecule has 19 heavy (non-hydrogen) atoms. The maximum absolute atomic E-state index is 13.6. The molecule has 7 heteroatoms. The minimum absolute atomic E-state index is 0.0125. The van der Waals surface area contributed by atoms with E-state index < -0.39 is 17.3 Å². The Morgan fingerprint density at radius 3 is 2.68 bits per heavy atom. The van der Waals surface area contributed by atoms with Gasteiger partial charge in [-0.2, -0.15) is 0 Å². The van der Waals surface area contributed by atoms with E-state index in [4.69, 9.17) is 13.0 Å². The molecule has 1 aromatic carbocycles. The smallest absolute Gasteiger partial charge is 0.339 e. The Morgan fingerprint density at radius 2 is 2.05 bits per heavy atom. The molecule has 0 amide bonds. The summed E-state index contributed by atoms with van der Waals surface area (Å²) in [6.45, 7) is 0. The Hall–Kier alpha value is -2.57. The molecular weight excluding hydrogens is 250 g/mol. The predicted molar refractivity (Wildman–Crippen MR) is 69.1 cm³/mol. The van der Waals surface area contributed by atoms with Crippen LogP contribution in [0.25, 0.3) is 0 Å². The lowest BCUT2D eigenvalue weighted by atomic mass is 9.96. The van der Waals surface area contributed by atoms with E-state index in [9.17, 15) is 14.0 Å². The molecule has 0 aliphatic rings. The fourth-order valence-electron chi connectivity index (χ4n) is 1.52. The molecule has 1 heterocycles. The van der Waals surface area contributed by atoms with Gasteiger partial charge in [0.25, 0.3) is 0 Å². The second-order valence-electron chi connectivity index (χ2n) is 3.78. The number of rotatable bonds is 3. The van der Waals surface area contributed by atoms with Gasteiger partial charge < -0.3 is 15.4 Å². The minimum atomic E-state index is -1.24. The van der Waals surface area contributed by atoms with Gasteiger partial charge in [-0.05, 0) is 18.2 Å². The number of hydrogen-bond donors (Lipinski definition) is 3. The van der Waals surface area contributed by atoms with E-state index in [-0.39, 0.29) is 22.5 Å². The first kappa shape index (κ1) is 12.9. The third-order valence-corrected chi connectivity index (χ3v) is 2.40. The minimum Gasteiger partial charge on any atom is -0.478 e. The fourth-order valence-corrected chi connectivity index (χ4v) is 1.52. The van der Waals surface area contributed by atoms with Gasteiger partial charge in [0.2, 0.25) is 5.56 Å². The number of carboxylic acid groups (broad SMARTS) is 1. The molecular formula is C12H8BFN2O3. The zero-order chi connectivity index (χ0) is 14.0. The number of pyridine rings is 1. The van der Waals surface area contributed by atoms with Gasteiger partial charge >= 0.3 is 5.97 Å². The molecule has 3 N–H and O–H groups in total. The molecule has 5 nitrogen and oxygen atoms in total. The number of halogens is 1. The fraction of sp³-hybridized carbons (Fsp3) is 0. The van der Waals surface area contributed by atoms with Crippen molar-refractivity contribution in [2.24, 2.45) is 0 Å². The Bertz CT molecular complexity index is 700. The van der Waals surface area contributed by atoms with Crippen molar-refractivity contribution >= 4 is 30.8 Å². The molecule has 0 saturated heterocycles. The van der Waals surface area contributed by atoms with Gasteiger partial charge in [0.1, 0.15) is 25.0 Å².